The minimum absolute atomic E-state index is 0.102. The molecule has 0 aliphatic carbocycles. The third-order valence-corrected chi connectivity index (χ3v) is 2.81. The van der Waals surface area contributed by atoms with E-state index >= 15 is 0 Å². The average molecular weight is 229 g/mol. The van der Waals surface area contributed by atoms with E-state index in [-0.39, 0.29) is 5.91 Å². The number of methoxy groups -OCH3 is 1. The molecule has 1 saturated heterocycles. The molecule has 1 heterocycles. The maximum Gasteiger partial charge on any atom is 0.241 e. The molecule has 1 aliphatic rings. The average Bonchev–Trinajstić information content (AvgIpc) is 2.25. The number of ether oxygens (including phenoxy) is 1. The van der Waals surface area contributed by atoms with Gasteiger partial charge in [-0.05, 0) is 0 Å². The summed E-state index contributed by atoms with van der Waals surface area (Å²) in [6.45, 7) is 4.63. The molecule has 0 radical (unpaired) electrons. The maximum atomic E-state index is 11.3. The monoisotopic (exact) mass is 229 g/mol. The molecule has 0 spiro atoms. The van der Waals surface area contributed by atoms with Crippen molar-refractivity contribution in [1.29, 1.82) is 0 Å². The van der Waals surface area contributed by atoms with Crippen LogP contribution >= 0.6 is 0 Å². The van der Waals surface area contributed by atoms with Crippen LogP contribution in [0.3, 0.4) is 0 Å². The summed E-state index contributed by atoms with van der Waals surface area (Å²) >= 11 is 0. The largest absolute Gasteiger partial charge is 0.383 e. The number of hydrogen-bond acceptors (Lipinski definition) is 4. The Morgan fingerprint density at radius 2 is 2.12 bits per heavy atom. The first-order chi connectivity index (χ1) is 7.56. The number of nitrogens with zero attached hydrogens (tertiary/aromatic N) is 2. The summed E-state index contributed by atoms with van der Waals surface area (Å²) in [5, 5.41) is 0. The molecule has 2 amide bonds. The number of hydrogen-bond donors (Lipinski definition) is 1. The Labute approximate surface area is 95.3 Å². The molecular weight excluding hydrogens is 210 g/mol. The van der Waals surface area contributed by atoms with Crippen LogP contribution in [0.25, 0.3) is 0 Å². The van der Waals surface area contributed by atoms with Crippen LogP contribution in [0.5, 0.6) is 0 Å². The van der Waals surface area contributed by atoms with Gasteiger partial charge in [-0.25, -0.2) is 0 Å². The zero-order chi connectivity index (χ0) is 12.1. The Balaban J connectivity index is 2.58. The minimum Gasteiger partial charge on any atom is -0.383 e. The second-order valence-corrected chi connectivity index (χ2v) is 3.92. The number of primary amides is 1. The highest BCUT2D eigenvalue weighted by Crippen LogP contribution is 2.09. The van der Waals surface area contributed by atoms with Gasteiger partial charge in [0.15, 0.2) is 0 Å². The Hall–Kier alpha value is -1.14. The molecule has 0 saturated carbocycles. The summed E-state index contributed by atoms with van der Waals surface area (Å²) in [5.74, 6) is -0.549. The molecule has 6 nitrogen and oxygen atoms in total. The van der Waals surface area contributed by atoms with E-state index in [1.54, 1.807) is 7.11 Å². The number of carbonyl (C=O) groups is 2. The van der Waals surface area contributed by atoms with Crippen molar-refractivity contribution in [2.75, 3.05) is 39.9 Å². The first-order valence-corrected chi connectivity index (χ1v) is 5.34. The lowest BCUT2D eigenvalue weighted by Gasteiger charge is -2.39. The van der Waals surface area contributed by atoms with Crippen molar-refractivity contribution in [3.05, 3.63) is 0 Å². The molecule has 0 aromatic carbocycles. The van der Waals surface area contributed by atoms with Crippen LogP contribution in [-0.2, 0) is 14.3 Å². The highest BCUT2D eigenvalue weighted by atomic mass is 16.5. The maximum absolute atomic E-state index is 11.3. The molecule has 0 bridgehead atoms. The topological polar surface area (TPSA) is 75.9 Å². The van der Waals surface area contributed by atoms with Crippen LogP contribution < -0.4 is 5.73 Å². The van der Waals surface area contributed by atoms with Crippen molar-refractivity contribution in [2.45, 2.75) is 13.0 Å². The number of rotatable bonds is 4. The molecular formula is C10H19N3O3. The van der Waals surface area contributed by atoms with Crippen LogP contribution in [0.2, 0.25) is 0 Å². The number of carbonyl (C=O) groups excluding carboxylic acids is 2. The van der Waals surface area contributed by atoms with Crippen molar-refractivity contribution in [3.63, 3.8) is 0 Å². The molecule has 0 aromatic heterocycles. The predicted molar refractivity (Wildman–Crippen MR) is 58.7 cm³/mol. The molecule has 1 fully saturated rings. The summed E-state index contributed by atoms with van der Waals surface area (Å²) in [4.78, 5) is 26.2. The van der Waals surface area contributed by atoms with Gasteiger partial charge in [0.25, 0.3) is 0 Å². The third-order valence-electron chi connectivity index (χ3n) is 2.81. The van der Waals surface area contributed by atoms with E-state index in [0.29, 0.717) is 19.7 Å². The summed E-state index contributed by atoms with van der Waals surface area (Å²) in [7, 11) is 1.64. The minimum atomic E-state index is -0.511. The molecule has 1 aliphatic heterocycles. The Morgan fingerprint density at radius 3 is 2.62 bits per heavy atom. The normalized spacial score (nSPS) is 22.1. The van der Waals surface area contributed by atoms with Crippen molar-refractivity contribution in [3.8, 4) is 0 Å². The van der Waals surface area contributed by atoms with E-state index in [0.717, 1.165) is 13.1 Å². The zero-order valence-corrected chi connectivity index (χ0v) is 9.81. The Bertz CT molecular complexity index is 270. The summed E-state index contributed by atoms with van der Waals surface area (Å²) < 4.78 is 4.98. The van der Waals surface area contributed by atoms with Crippen molar-refractivity contribution in [1.82, 2.24) is 9.80 Å². The fourth-order valence-electron chi connectivity index (χ4n) is 1.88. The standard InChI is InChI=1S/C10H19N3O3/c1-8(14)13-4-3-12(5-6-16-2)7-9(13)10(11)15/h9H,3-7H2,1-2H3,(H2,11,15)/t9-/m0/s1. The van der Waals surface area contributed by atoms with Gasteiger partial charge in [-0.15, -0.1) is 0 Å². The zero-order valence-electron chi connectivity index (χ0n) is 9.81. The SMILES string of the molecule is COCCN1CCN(C(C)=O)[C@H](C(N)=O)C1. The molecule has 0 aromatic rings. The lowest BCUT2D eigenvalue weighted by atomic mass is 10.1. The molecule has 2 N–H and O–H groups in total. The third kappa shape index (κ3) is 3.18. The molecule has 1 rings (SSSR count). The van der Waals surface area contributed by atoms with Gasteiger partial charge in [0.1, 0.15) is 6.04 Å². The lowest BCUT2D eigenvalue weighted by molar-refractivity contribution is -0.141. The van der Waals surface area contributed by atoms with E-state index in [2.05, 4.69) is 4.90 Å². The van der Waals surface area contributed by atoms with Crippen molar-refractivity contribution in [2.24, 2.45) is 5.73 Å². The molecule has 6 heteroatoms. The smallest absolute Gasteiger partial charge is 0.241 e. The lowest BCUT2D eigenvalue weighted by Crippen LogP contribution is -2.59. The summed E-state index contributed by atoms with van der Waals surface area (Å²) in [5.41, 5.74) is 5.30. The second-order valence-electron chi connectivity index (χ2n) is 3.92. The first-order valence-electron chi connectivity index (χ1n) is 5.34. The van der Waals surface area contributed by atoms with E-state index in [4.69, 9.17) is 10.5 Å². The van der Waals surface area contributed by atoms with E-state index < -0.39 is 11.9 Å². The number of amides is 2. The van der Waals surface area contributed by atoms with Crippen LogP contribution in [0, 0.1) is 0 Å². The van der Waals surface area contributed by atoms with Crippen LogP contribution in [0.1, 0.15) is 6.92 Å². The fraction of sp³-hybridized carbons (Fsp3) is 0.800. The molecule has 16 heavy (non-hydrogen) atoms. The van der Waals surface area contributed by atoms with Crippen molar-refractivity contribution < 1.29 is 14.3 Å². The molecule has 92 valence electrons. The number of nitrogens with two attached hydrogens (primary N) is 1. The van der Waals surface area contributed by atoms with Gasteiger partial charge in [0.05, 0.1) is 6.61 Å². The predicted octanol–water partition coefficient (Wildman–Crippen LogP) is -1.35. The van der Waals surface area contributed by atoms with Gasteiger partial charge < -0.3 is 15.4 Å². The van der Waals surface area contributed by atoms with Crippen LogP contribution in [-0.4, -0.2) is 67.6 Å². The highest BCUT2D eigenvalue weighted by molar-refractivity contribution is 5.86. The van der Waals surface area contributed by atoms with Gasteiger partial charge in [-0.3, -0.25) is 14.5 Å². The fourth-order valence-corrected chi connectivity index (χ4v) is 1.88. The summed E-state index contributed by atoms with van der Waals surface area (Å²) in [6, 6.07) is -0.511. The quantitative estimate of drug-likeness (QED) is 0.647. The van der Waals surface area contributed by atoms with Gasteiger partial charge in [0, 0.05) is 40.2 Å². The molecule has 0 unspecified atom stereocenters. The first kappa shape index (κ1) is 12.9. The Kier molecular flexibility index (Phi) is 4.70. The summed E-state index contributed by atoms with van der Waals surface area (Å²) in [6.07, 6.45) is 0. The van der Waals surface area contributed by atoms with Gasteiger partial charge in [-0.1, -0.05) is 0 Å². The van der Waals surface area contributed by atoms with E-state index in [1.807, 2.05) is 0 Å². The van der Waals surface area contributed by atoms with Crippen molar-refractivity contribution >= 4 is 11.8 Å². The van der Waals surface area contributed by atoms with Gasteiger partial charge in [-0.2, -0.15) is 0 Å². The van der Waals surface area contributed by atoms with Crippen LogP contribution in [0.15, 0.2) is 0 Å². The van der Waals surface area contributed by atoms with Gasteiger partial charge in [0.2, 0.25) is 11.8 Å². The van der Waals surface area contributed by atoms with E-state index in [9.17, 15) is 9.59 Å². The number of piperazine rings is 1. The molecule has 1 atom stereocenters. The second kappa shape index (κ2) is 5.81. The van der Waals surface area contributed by atoms with E-state index in [1.165, 1.54) is 11.8 Å². The van der Waals surface area contributed by atoms with Gasteiger partial charge >= 0.3 is 0 Å². The Morgan fingerprint density at radius 1 is 1.44 bits per heavy atom. The highest BCUT2D eigenvalue weighted by Gasteiger charge is 2.32. The van der Waals surface area contributed by atoms with Crippen LogP contribution in [0.4, 0.5) is 0 Å².